The largest absolute Gasteiger partial charge is 0.480 e. The van der Waals surface area contributed by atoms with Gasteiger partial charge in [-0.15, -0.1) is 0 Å². The zero-order chi connectivity index (χ0) is 17.2. The van der Waals surface area contributed by atoms with Crippen molar-refractivity contribution in [3.63, 3.8) is 0 Å². The zero-order valence-electron chi connectivity index (χ0n) is 13.6. The van der Waals surface area contributed by atoms with Crippen LogP contribution in [0.15, 0.2) is 79.0 Å². The molecule has 0 radical (unpaired) electrons. The van der Waals surface area contributed by atoms with E-state index in [0.717, 1.165) is 22.5 Å². The Balaban J connectivity index is 1.90. The highest BCUT2D eigenvalue weighted by Gasteiger charge is 2.40. The van der Waals surface area contributed by atoms with Crippen molar-refractivity contribution in [3.8, 4) is 0 Å². The quantitative estimate of drug-likeness (QED) is 0.793. The third-order valence-electron chi connectivity index (χ3n) is 4.65. The van der Waals surface area contributed by atoms with E-state index in [1.807, 2.05) is 77.7 Å². The van der Waals surface area contributed by atoms with E-state index in [9.17, 15) is 9.90 Å². The maximum atomic E-state index is 12.0. The first-order valence-corrected chi connectivity index (χ1v) is 8.30. The maximum absolute atomic E-state index is 12.0. The van der Waals surface area contributed by atoms with Gasteiger partial charge in [0, 0.05) is 12.6 Å². The summed E-state index contributed by atoms with van der Waals surface area (Å²) in [7, 11) is 0. The Bertz CT molecular complexity index is 841. The van der Waals surface area contributed by atoms with E-state index in [4.69, 9.17) is 0 Å². The van der Waals surface area contributed by atoms with E-state index < -0.39 is 12.0 Å². The molecule has 0 bridgehead atoms. The monoisotopic (exact) mass is 330 g/mol. The highest BCUT2D eigenvalue weighted by Crippen LogP contribution is 2.40. The molecule has 4 rings (SSSR count). The van der Waals surface area contributed by atoms with Crippen LogP contribution in [0.3, 0.4) is 0 Å². The van der Waals surface area contributed by atoms with Gasteiger partial charge in [-0.1, -0.05) is 66.7 Å². The van der Waals surface area contributed by atoms with E-state index in [1.54, 1.807) is 6.20 Å². The van der Waals surface area contributed by atoms with Crippen molar-refractivity contribution in [1.82, 2.24) is 4.98 Å². The van der Waals surface area contributed by atoms with Gasteiger partial charge in [0.15, 0.2) is 0 Å². The lowest BCUT2D eigenvalue weighted by Crippen LogP contribution is -2.42. The fourth-order valence-electron chi connectivity index (χ4n) is 3.57. The van der Waals surface area contributed by atoms with Gasteiger partial charge in [0.25, 0.3) is 0 Å². The van der Waals surface area contributed by atoms with Crippen molar-refractivity contribution < 1.29 is 9.90 Å². The van der Waals surface area contributed by atoms with Crippen molar-refractivity contribution in [2.45, 2.75) is 18.5 Å². The number of anilines is 1. The average molecular weight is 330 g/mol. The van der Waals surface area contributed by atoms with Crippen LogP contribution in [0.4, 0.5) is 5.82 Å². The molecule has 1 N–H and O–H groups in total. The summed E-state index contributed by atoms with van der Waals surface area (Å²) >= 11 is 0. The zero-order valence-corrected chi connectivity index (χ0v) is 13.6. The summed E-state index contributed by atoms with van der Waals surface area (Å²) in [5.41, 5.74) is 3.09. The van der Waals surface area contributed by atoms with E-state index in [0.29, 0.717) is 6.42 Å². The van der Waals surface area contributed by atoms with Gasteiger partial charge in [-0.25, -0.2) is 9.78 Å². The van der Waals surface area contributed by atoms with Gasteiger partial charge < -0.3 is 10.0 Å². The molecule has 1 atom stereocenters. The molecule has 0 spiro atoms. The molecule has 0 saturated carbocycles. The summed E-state index contributed by atoms with van der Waals surface area (Å²) in [6.07, 6.45) is 2.19. The third kappa shape index (κ3) is 2.76. The van der Waals surface area contributed by atoms with E-state index >= 15 is 0 Å². The van der Waals surface area contributed by atoms with Crippen LogP contribution in [0, 0.1) is 0 Å². The molecule has 4 heteroatoms. The van der Waals surface area contributed by atoms with E-state index in [1.165, 1.54) is 0 Å². The molecule has 1 unspecified atom stereocenters. The fourth-order valence-corrected chi connectivity index (χ4v) is 3.57. The van der Waals surface area contributed by atoms with Crippen LogP contribution in [-0.4, -0.2) is 22.1 Å². The van der Waals surface area contributed by atoms with Crippen LogP contribution in [0.25, 0.3) is 0 Å². The number of carbonyl (C=O) groups is 1. The lowest BCUT2D eigenvalue weighted by atomic mass is 9.96. The second-order valence-corrected chi connectivity index (χ2v) is 6.18. The Kier molecular flexibility index (Phi) is 3.94. The summed E-state index contributed by atoms with van der Waals surface area (Å²) in [6.45, 7) is 0. The van der Waals surface area contributed by atoms with Crippen LogP contribution in [0.1, 0.15) is 22.7 Å². The molecular weight excluding hydrogens is 312 g/mol. The number of rotatable bonds is 4. The first kappa shape index (κ1) is 15.4. The minimum Gasteiger partial charge on any atom is -0.480 e. The Morgan fingerprint density at radius 2 is 1.56 bits per heavy atom. The summed E-state index contributed by atoms with van der Waals surface area (Å²) in [5, 5.41) is 9.83. The number of carboxylic acid groups (broad SMARTS) is 1. The molecule has 0 saturated heterocycles. The molecular formula is C21H18N2O2. The smallest absolute Gasteiger partial charge is 0.326 e. The number of hydrogen-bond donors (Lipinski definition) is 1. The third-order valence-corrected chi connectivity index (χ3v) is 4.65. The van der Waals surface area contributed by atoms with E-state index in [2.05, 4.69) is 4.98 Å². The molecule has 1 aromatic heterocycles. The van der Waals surface area contributed by atoms with Gasteiger partial charge in [-0.2, -0.15) is 0 Å². The SMILES string of the molecule is O=C(O)C1Cc2cccnc2N1C(c1ccccc1)c1ccccc1. The number of pyridine rings is 1. The van der Waals surface area contributed by atoms with Crippen molar-refractivity contribution >= 4 is 11.8 Å². The number of aromatic nitrogens is 1. The maximum Gasteiger partial charge on any atom is 0.326 e. The van der Waals surface area contributed by atoms with Crippen LogP contribution in [0.5, 0.6) is 0 Å². The Morgan fingerprint density at radius 3 is 2.12 bits per heavy atom. The number of fused-ring (bicyclic) bond motifs is 1. The second kappa shape index (κ2) is 6.40. The second-order valence-electron chi connectivity index (χ2n) is 6.18. The van der Waals surface area contributed by atoms with Crippen LogP contribution < -0.4 is 4.90 Å². The Hall–Kier alpha value is -3.14. The predicted molar refractivity (Wildman–Crippen MR) is 96.6 cm³/mol. The molecule has 2 heterocycles. The summed E-state index contributed by atoms with van der Waals surface area (Å²) < 4.78 is 0. The first-order valence-electron chi connectivity index (χ1n) is 8.30. The van der Waals surface area contributed by atoms with Gasteiger partial charge in [0.05, 0.1) is 6.04 Å². The van der Waals surface area contributed by atoms with Crippen LogP contribution in [-0.2, 0) is 11.2 Å². The number of carboxylic acids is 1. The minimum absolute atomic E-state index is 0.195. The molecule has 2 aromatic carbocycles. The van der Waals surface area contributed by atoms with Crippen LogP contribution >= 0.6 is 0 Å². The molecule has 1 aliphatic heterocycles. The number of nitrogens with zero attached hydrogens (tertiary/aromatic N) is 2. The van der Waals surface area contributed by atoms with Gasteiger partial charge >= 0.3 is 5.97 Å². The highest BCUT2D eigenvalue weighted by molar-refractivity contribution is 5.82. The minimum atomic E-state index is -0.824. The molecule has 3 aromatic rings. The standard InChI is InChI=1S/C21H18N2O2/c24-21(25)18-14-17-12-7-13-22-20(17)23(18)19(15-8-3-1-4-9-15)16-10-5-2-6-11-16/h1-13,18-19H,14H2,(H,24,25). The lowest BCUT2D eigenvalue weighted by molar-refractivity contribution is -0.138. The van der Waals surface area contributed by atoms with Crippen molar-refractivity contribution in [1.29, 1.82) is 0 Å². The molecule has 0 aliphatic carbocycles. The molecule has 25 heavy (non-hydrogen) atoms. The molecule has 124 valence electrons. The number of aliphatic carboxylic acids is 1. The number of benzene rings is 2. The topological polar surface area (TPSA) is 53.4 Å². The molecule has 0 amide bonds. The average Bonchev–Trinajstić information content (AvgIpc) is 3.04. The fraction of sp³-hybridized carbons (Fsp3) is 0.143. The lowest BCUT2D eigenvalue weighted by Gasteiger charge is -2.33. The summed E-state index contributed by atoms with van der Waals surface area (Å²) in [6, 6.07) is 23.0. The van der Waals surface area contributed by atoms with E-state index in [-0.39, 0.29) is 6.04 Å². The Labute approximate surface area is 146 Å². The van der Waals surface area contributed by atoms with Crippen LogP contribution in [0.2, 0.25) is 0 Å². The normalized spacial score (nSPS) is 16.0. The van der Waals surface area contributed by atoms with Gasteiger partial charge in [-0.3, -0.25) is 0 Å². The molecule has 0 fully saturated rings. The van der Waals surface area contributed by atoms with Gasteiger partial charge in [-0.05, 0) is 22.8 Å². The molecule has 4 nitrogen and oxygen atoms in total. The first-order chi connectivity index (χ1) is 12.3. The van der Waals surface area contributed by atoms with Gasteiger partial charge in [0.1, 0.15) is 11.9 Å². The van der Waals surface area contributed by atoms with Crippen molar-refractivity contribution in [2.24, 2.45) is 0 Å². The summed E-state index contributed by atoms with van der Waals surface area (Å²) in [5.74, 6) is -0.0672. The number of hydrogen-bond acceptors (Lipinski definition) is 3. The van der Waals surface area contributed by atoms with Crippen molar-refractivity contribution in [2.75, 3.05) is 4.90 Å². The highest BCUT2D eigenvalue weighted by atomic mass is 16.4. The predicted octanol–water partition coefficient (Wildman–Crippen LogP) is 3.69. The van der Waals surface area contributed by atoms with Crippen molar-refractivity contribution in [3.05, 3.63) is 95.7 Å². The summed E-state index contributed by atoms with van der Waals surface area (Å²) in [4.78, 5) is 18.4. The Morgan fingerprint density at radius 1 is 0.960 bits per heavy atom. The van der Waals surface area contributed by atoms with Gasteiger partial charge in [0.2, 0.25) is 0 Å². The molecule has 1 aliphatic rings.